The molecule has 2 bridgehead atoms. The van der Waals surface area contributed by atoms with Gasteiger partial charge in [0, 0.05) is 19.1 Å². The van der Waals surface area contributed by atoms with Crippen LogP contribution >= 0.6 is 0 Å². The molecule has 1 aromatic carbocycles. The third kappa shape index (κ3) is 4.05. The molecule has 5 rings (SSSR count). The molecule has 32 heavy (non-hydrogen) atoms. The third-order valence-corrected chi connectivity index (χ3v) is 8.34. The van der Waals surface area contributed by atoms with Gasteiger partial charge in [0.2, 0.25) is 0 Å². The molecule has 3 fully saturated rings. The molecular weight excluding hydrogens is 398 g/mol. The molecule has 0 spiro atoms. The Balaban J connectivity index is 1.35. The number of fused-ring (bicyclic) bond motifs is 6. The number of nitrogens with zero attached hydrogens (tertiary/aromatic N) is 2. The van der Waals surface area contributed by atoms with Crippen molar-refractivity contribution in [2.24, 2.45) is 17.8 Å². The number of amides is 2. The number of carbonyl (C=O) groups is 1. The molecule has 0 radical (unpaired) electrons. The third-order valence-electron chi connectivity index (χ3n) is 8.34. The van der Waals surface area contributed by atoms with Gasteiger partial charge >= 0.3 is 6.03 Å². The van der Waals surface area contributed by atoms with Gasteiger partial charge < -0.3 is 15.0 Å². The first kappa shape index (κ1) is 21.8. The molecule has 4 aliphatic rings. The molecule has 174 valence electrons. The highest BCUT2D eigenvalue weighted by molar-refractivity contribution is 5.76. The molecule has 5 atom stereocenters. The van der Waals surface area contributed by atoms with Crippen molar-refractivity contribution in [2.45, 2.75) is 70.5 Å². The molecule has 0 saturated carbocycles. The molecule has 1 aliphatic carbocycles. The Kier molecular flexibility index (Phi) is 6.20. The summed E-state index contributed by atoms with van der Waals surface area (Å²) in [6.45, 7) is 7.64. The summed E-state index contributed by atoms with van der Waals surface area (Å²) in [7, 11) is 1.68. The summed E-state index contributed by atoms with van der Waals surface area (Å²) >= 11 is 0. The van der Waals surface area contributed by atoms with Crippen LogP contribution in [0.25, 0.3) is 0 Å². The number of benzene rings is 1. The van der Waals surface area contributed by atoms with E-state index in [1.54, 1.807) is 12.7 Å². The second kappa shape index (κ2) is 9.09. The number of rotatable bonds is 4. The lowest BCUT2D eigenvalue weighted by Gasteiger charge is -2.54. The van der Waals surface area contributed by atoms with E-state index in [4.69, 9.17) is 4.74 Å². The van der Waals surface area contributed by atoms with Gasteiger partial charge in [-0.3, -0.25) is 4.90 Å². The minimum atomic E-state index is -0.00284. The number of ether oxygens (including phenoxy) is 1. The average Bonchev–Trinajstić information content (AvgIpc) is 2.82. The molecule has 1 aromatic rings. The summed E-state index contributed by atoms with van der Waals surface area (Å²) in [6, 6.07) is 9.26. The van der Waals surface area contributed by atoms with Crippen molar-refractivity contribution in [1.29, 1.82) is 0 Å². The number of hydrogen-bond acceptors (Lipinski definition) is 3. The monoisotopic (exact) mass is 437 g/mol. The van der Waals surface area contributed by atoms with E-state index in [1.165, 1.54) is 45.2 Å². The zero-order chi connectivity index (χ0) is 22.2. The Hall–Kier alpha value is -2.01. The Morgan fingerprint density at radius 3 is 2.69 bits per heavy atom. The first-order chi connectivity index (χ1) is 15.5. The van der Waals surface area contributed by atoms with Gasteiger partial charge in [-0.2, -0.15) is 0 Å². The van der Waals surface area contributed by atoms with Crippen LogP contribution < -0.4 is 10.1 Å². The first-order valence-electron chi connectivity index (χ1n) is 12.7. The van der Waals surface area contributed by atoms with E-state index in [0.29, 0.717) is 17.8 Å². The van der Waals surface area contributed by atoms with Crippen LogP contribution in [0.3, 0.4) is 0 Å². The molecule has 1 N–H and O–H groups in total. The Morgan fingerprint density at radius 1 is 1.12 bits per heavy atom. The Morgan fingerprint density at radius 2 is 1.94 bits per heavy atom. The molecule has 1 unspecified atom stereocenters. The number of methoxy groups -OCH3 is 1. The fourth-order valence-electron chi connectivity index (χ4n) is 6.86. The van der Waals surface area contributed by atoms with Crippen molar-refractivity contribution >= 4 is 6.03 Å². The van der Waals surface area contributed by atoms with Gasteiger partial charge in [0.1, 0.15) is 5.75 Å². The molecule has 3 saturated heterocycles. The highest BCUT2D eigenvalue weighted by atomic mass is 16.5. The fraction of sp³-hybridized carbons (Fsp3) is 0.667. The van der Waals surface area contributed by atoms with E-state index in [-0.39, 0.29) is 18.1 Å². The number of carbonyl (C=O) groups excluding carboxylic acids is 1. The molecule has 3 heterocycles. The van der Waals surface area contributed by atoms with Gasteiger partial charge in [-0.15, -0.1) is 0 Å². The second-order valence-electron chi connectivity index (χ2n) is 10.6. The van der Waals surface area contributed by atoms with Gasteiger partial charge in [0.05, 0.1) is 19.2 Å². The van der Waals surface area contributed by atoms with E-state index < -0.39 is 0 Å². The quantitative estimate of drug-likeness (QED) is 0.675. The topological polar surface area (TPSA) is 44.8 Å². The van der Waals surface area contributed by atoms with Crippen molar-refractivity contribution in [3.8, 4) is 5.75 Å². The summed E-state index contributed by atoms with van der Waals surface area (Å²) < 4.78 is 5.32. The van der Waals surface area contributed by atoms with Gasteiger partial charge in [0.15, 0.2) is 0 Å². The smallest absolute Gasteiger partial charge is 0.318 e. The molecule has 5 nitrogen and oxygen atoms in total. The zero-order valence-electron chi connectivity index (χ0n) is 19.9. The predicted molar refractivity (Wildman–Crippen MR) is 128 cm³/mol. The van der Waals surface area contributed by atoms with E-state index in [2.05, 4.69) is 47.2 Å². The molecule has 5 heteroatoms. The fourth-order valence-corrected chi connectivity index (χ4v) is 6.86. The van der Waals surface area contributed by atoms with Crippen molar-refractivity contribution in [2.75, 3.05) is 26.7 Å². The minimum absolute atomic E-state index is 0.00284. The second-order valence-corrected chi connectivity index (χ2v) is 10.6. The summed E-state index contributed by atoms with van der Waals surface area (Å²) in [5.41, 5.74) is 2.68. The largest absolute Gasteiger partial charge is 0.497 e. The Bertz CT molecular complexity index is 849. The number of piperidine rings is 3. The van der Waals surface area contributed by atoms with Gasteiger partial charge in [-0.05, 0) is 74.1 Å². The number of hydrogen-bond donors (Lipinski definition) is 1. The predicted octanol–water partition coefficient (Wildman–Crippen LogP) is 5.00. The molecule has 3 aliphatic heterocycles. The Labute approximate surface area is 193 Å². The normalized spacial score (nSPS) is 30.8. The van der Waals surface area contributed by atoms with Crippen LogP contribution in [0.15, 0.2) is 35.9 Å². The maximum absolute atomic E-state index is 13.7. The van der Waals surface area contributed by atoms with Crippen molar-refractivity contribution in [3.63, 3.8) is 0 Å². The van der Waals surface area contributed by atoms with Crippen LogP contribution in [0, 0.1) is 17.8 Å². The van der Waals surface area contributed by atoms with Crippen molar-refractivity contribution in [1.82, 2.24) is 15.1 Å². The maximum Gasteiger partial charge on any atom is 0.318 e. The summed E-state index contributed by atoms with van der Waals surface area (Å²) in [6.07, 6.45) is 10.2. The van der Waals surface area contributed by atoms with Crippen LogP contribution in [0.1, 0.15) is 64.0 Å². The maximum atomic E-state index is 13.7. The van der Waals surface area contributed by atoms with Crippen LogP contribution in [0.5, 0.6) is 5.75 Å². The lowest BCUT2D eigenvalue weighted by atomic mass is 9.68. The van der Waals surface area contributed by atoms with E-state index in [0.717, 1.165) is 30.3 Å². The van der Waals surface area contributed by atoms with Gasteiger partial charge in [0.25, 0.3) is 0 Å². The van der Waals surface area contributed by atoms with Crippen LogP contribution in [-0.2, 0) is 0 Å². The lowest BCUT2D eigenvalue weighted by molar-refractivity contribution is 0.00753. The van der Waals surface area contributed by atoms with E-state index >= 15 is 0 Å². The zero-order valence-corrected chi connectivity index (χ0v) is 19.9. The SMILES string of the molecule is COc1ccc(C(NC(=O)N2CCCC3=C[C@@H]4C[C@H](CN5CCCC[C@@H]45)[C@H]32)C(C)C)cc1. The van der Waals surface area contributed by atoms with Crippen molar-refractivity contribution in [3.05, 3.63) is 41.5 Å². The summed E-state index contributed by atoms with van der Waals surface area (Å²) in [5.74, 6) is 2.44. The van der Waals surface area contributed by atoms with E-state index in [9.17, 15) is 4.79 Å². The van der Waals surface area contributed by atoms with Crippen LogP contribution in [0.4, 0.5) is 4.79 Å². The van der Waals surface area contributed by atoms with Gasteiger partial charge in [-0.1, -0.05) is 44.1 Å². The number of urea groups is 1. The first-order valence-corrected chi connectivity index (χ1v) is 12.7. The standard InChI is InChI=1S/C27H39N3O2/c1-18(2)25(19-9-11-23(32-3)12-10-19)28-27(31)30-14-6-7-20-15-21-16-22(26(20)30)17-29-13-5-4-8-24(21)29/h9-12,15,18,21-22,24-26H,4-8,13-14,16-17H2,1-3H3,(H,28,31)/t21-,22-,24+,25?,26+/m1/s1. The molecule has 0 aromatic heterocycles. The summed E-state index contributed by atoms with van der Waals surface area (Å²) in [4.78, 5) is 18.6. The van der Waals surface area contributed by atoms with Crippen LogP contribution in [-0.4, -0.2) is 54.7 Å². The van der Waals surface area contributed by atoms with Gasteiger partial charge in [-0.25, -0.2) is 4.79 Å². The highest BCUT2D eigenvalue weighted by Gasteiger charge is 2.47. The lowest BCUT2D eigenvalue weighted by Crippen LogP contribution is -2.61. The van der Waals surface area contributed by atoms with Crippen LogP contribution in [0.2, 0.25) is 0 Å². The summed E-state index contributed by atoms with van der Waals surface area (Å²) in [5, 5.41) is 3.41. The molecular formula is C27H39N3O2. The minimum Gasteiger partial charge on any atom is -0.497 e. The van der Waals surface area contributed by atoms with Crippen molar-refractivity contribution < 1.29 is 9.53 Å². The number of nitrogens with one attached hydrogen (secondary N) is 1. The average molecular weight is 438 g/mol. The van der Waals surface area contributed by atoms with E-state index in [1.807, 2.05) is 12.1 Å². The molecule has 2 amide bonds. The number of likely N-dealkylation sites (tertiary alicyclic amines) is 1. The highest BCUT2D eigenvalue weighted by Crippen LogP contribution is 2.45.